The molecule has 3 heterocycles. The summed E-state index contributed by atoms with van der Waals surface area (Å²) in [4.78, 5) is 20.1. The van der Waals surface area contributed by atoms with E-state index in [4.69, 9.17) is 11.6 Å². The third-order valence-electron chi connectivity index (χ3n) is 3.73. The molecule has 0 aliphatic rings. The van der Waals surface area contributed by atoms with Gasteiger partial charge in [-0.05, 0) is 31.0 Å². The number of hydrogen-bond donors (Lipinski definition) is 0. The molecule has 0 N–H and O–H groups in total. The molecular formula is C17H19ClN4OS. The summed E-state index contributed by atoms with van der Waals surface area (Å²) in [6, 6.07) is 5.69. The van der Waals surface area contributed by atoms with Gasteiger partial charge in [-0.1, -0.05) is 25.4 Å². The Hall–Kier alpha value is -1.92. The fourth-order valence-electron chi connectivity index (χ4n) is 2.71. The van der Waals surface area contributed by atoms with Crippen molar-refractivity contribution in [3.63, 3.8) is 0 Å². The number of amides is 1. The van der Waals surface area contributed by atoms with Crippen molar-refractivity contribution in [2.45, 2.75) is 26.7 Å². The first-order valence-electron chi connectivity index (χ1n) is 8.03. The molecule has 1 amide bonds. The fraction of sp³-hybridized carbons (Fsp3) is 0.353. The second-order valence-electron chi connectivity index (χ2n) is 5.52. The van der Waals surface area contributed by atoms with Crippen LogP contribution in [0.1, 0.15) is 37.0 Å². The Morgan fingerprint density at radius 3 is 2.62 bits per heavy atom. The SMILES string of the molecule is CCCN(CCC)C(=O)c1cnn2c(-c3ccc(Cl)s3)ccnc12. The maximum atomic E-state index is 12.9. The van der Waals surface area contributed by atoms with Gasteiger partial charge in [0.2, 0.25) is 0 Å². The van der Waals surface area contributed by atoms with Gasteiger partial charge < -0.3 is 4.90 Å². The largest absolute Gasteiger partial charge is 0.339 e. The Morgan fingerprint density at radius 1 is 1.25 bits per heavy atom. The highest BCUT2D eigenvalue weighted by atomic mass is 35.5. The lowest BCUT2D eigenvalue weighted by Crippen LogP contribution is -2.32. The molecule has 0 saturated carbocycles. The minimum atomic E-state index is -0.0115. The van der Waals surface area contributed by atoms with E-state index in [9.17, 15) is 4.79 Å². The van der Waals surface area contributed by atoms with Gasteiger partial charge in [0.15, 0.2) is 5.65 Å². The molecule has 7 heteroatoms. The van der Waals surface area contributed by atoms with Crippen molar-refractivity contribution in [3.05, 3.63) is 40.5 Å². The summed E-state index contributed by atoms with van der Waals surface area (Å²) in [5, 5.41) is 4.40. The second-order valence-corrected chi connectivity index (χ2v) is 7.23. The molecule has 0 saturated heterocycles. The topological polar surface area (TPSA) is 50.5 Å². The first kappa shape index (κ1) is 16.9. The quantitative estimate of drug-likeness (QED) is 0.654. The average Bonchev–Trinajstić information content (AvgIpc) is 3.20. The Kier molecular flexibility index (Phi) is 5.16. The van der Waals surface area contributed by atoms with Crippen molar-refractivity contribution in [1.82, 2.24) is 19.5 Å². The van der Waals surface area contributed by atoms with Crippen LogP contribution in [0.4, 0.5) is 0 Å². The third kappa shape index (κ3) is 3.16. The van der Waals surface area contributed by atoms with Crippen LogP contribution in [-0.4, -0.2) is 38.5 Å². The van der Waals surface area contributed by atoms with Gasteiger partial charge in [-0.2, -0.15) is 5.10 Å². The lowest BCUT2D eigenvalue weighted by molar-refractivity contribution is 0.0757. The maximum absolute atomic E-state index is 12.9. The van der Waals surface area contributed by atoms with E-state index in [1.807, 2.05) is 23.1 Å². The van der Waals surface area contributed by atoms with Crippen LogP contribution in [0.3, 0.4) is 0 Å². The number of rotatable bonds is 6. The second kappa shape index (κ2) is 7.32. The molecular weight excluding hydrogens is 344 g/mol. The van der Waals surface area contributed by atoms with Gasteiger partial charge in [0.05, 0.1) is 21.1 Å². The molecule has 3 aromatic rings. The van der Waals surface area contributed by atoms with Crippen LogP contribution in [0.2, 0.25) is 4.34 Å². The Bertz CT molecular complexity index is 851. The number of carbonyl (C=O) groups excluding carboxylic acids is 1. The summed E-state index contributed by atoms with van der Waals surface area (Å²) in [6.45, 7) is 5.63. The predicted molar refractivity (Wildman–Crippen MR) is 97.8 cm³/mol. The molecule has 0 aliphatic heterocycles. The number of hydrogen-bond acceptors (Lipinski definition) is 4. The zero-order valence-corrected chi connectivity index (χ0v) is 15.3. The zero-order valence-electron chi connectivity index (χ0n) is 13.7. The van der Waals surface area contributed by atoms with Gasteiger partial charge in [0, 0.05) is 19.3 Å². The van der Waals surface area contributed by atoms with Gasteiger partial charge in [-0.15, -0.1) is 11.3 Å². The van der Waals surface area contributed by atoms with E-state index in [-0.39, 0.29) is 5.91 Å². The highest BCUT2D eigenvalue weighted by Crippen LogP contribution is 2.31. The molecule has 3 aromatic heterocycles. The molecule has 5 nitrogen and oxygen atoms in total. The molecule has 3 rings (SSSR count). The van der Waals surface area contributed by atoms with Crippen LogP contribution in [-0.2, 0) is 0 Å². The molecule has 0 radical (unpaired) electrons. The molecule has 0 atom stereocenters. The molecule has 0 bridgehead atoms. The van der Waals surface area contributed by atoms with Crippen molar-refractivity contribution in [3.8, 4) is 10.6 Å². The first-order valence-corrected chi connectivity index (χ1v) is 9.22. The highest BCUT2D eigenvalue weighted by molar-refractivity contribution is 7.19. The van der Waals surface area contributed by atoms with Crippen molar-refractivity contribution in [2.24, 2.45) is 0 Å². The van der Waals surface area contributed by atoms with E-state index in [2.05, 4.69) is 23.9 Å². The third-order valence-corrected chi connectivity index (χ3v) is 4.99. The lowest BCUT2D eigenvalue weighted by atomic mass is 10.2. The van der Waals surface area contributed by atoms with Crippen LogP contribution < -0.4 is 0 Å². The van der Waals surface area contributed by atoms with E-state index < -0.39 is 0 Å². The summed E-state index contributed by atoms with van der Waals surface area (Å²) in [6.07, 6.45) is 5.18. The lowest BCUT2D eigenvalue weighted by Gasteiger charge is -2.20. The van der Waals surface area contributed by atoms with E-state index in [1.54, 1.807) is 16.9 Å². The smallest absolute Gasteiger partial charge is 0.259 e. The van der Waals surface area contributed by atoms with Gasteiger partial charge in [0.25, 0.3) is 5.91 Å². The number of aromatic nitrogens is 3. The minimum absolute atomic E-state index is 0.0115. The fourth-order valence-corrected chi connectivity index (χ4v) is 3.76. The molecule has 0 spiro atoms. The minimum Gasteiger partial charge on any atom is -0.339 e. The van der Waals surface area contributed by atoms with Crippen LogP contribution >= 0.6 is 22.9 Å². The maximum Gasteiger partial charge on any atom is 0.259 e. The van der Waals surface area contributed by atoms with Crippen LogP contribution in [0.5, 0.6) is 0 Å². The summed E-state index contributed by atoms with van der Waals surface area (Å²) in [5.74, 6) is -0.0115. The molecule has 0 unspecified atom stereocenters. The van der Waals surface area contributed by atoms with E-state index in [1.165, 1.54) is 11.3 Å². The average molecular weight is 363 g/mol. The molecule has 126 valence electrons. The van der Waals surface area contributed by atoms with Crippen LogP contribution in [0, 0.1) is 0 Å². The van der Waals surface area contributed by atoms with Crippen LogP contribution in [0.15, 0.2) is 30.6 Å². The van der Waals surface area contributed by atoms with E-state index >= 15 is 0 Å². The van der Waals surface area contributed by atoms with Gasteiger partial charge in [-0.25, -0.2) is 9.50 Å². The normalized spacial score (nSPS) is 11.1. The Balaban J connectivity index is 2.03. The van der Waals surface area contributed by atoms with Crippen molar-refractivity contribution < 1.29 is 4.79 Å². The Labute approximate surface area is 149 Å². The monoisotopic (exact) mass is 362 g/mol. The van der Waals surface area contributed by atoms with Gasteiger partial charge in [0.1, 0.15) is 5.56 Å². The summed E-state index contributed by atoms with van der Waals surface area (Å²) >= 11 is 7.52. The molecule has 0 aliphatic carbocycles. The Morgan fingerprint density at radius 2 is 2.00 bits per heavy atom. The molecule has 0 fully saturated rings. The number of nitrogens with zero attached hydrogens (tertiary/aromatic N) is 4. The van der Waals surface area contributed by atoms with E-state index in [0.717, 1.165) is 40.8 Å². The van der Waals surface area contributed by atoms with Crippen molar-refractivity contribution in [1.29, 1.82) is 0 Å². The highest BCUT2D eigenvalue weighted by Gasteiger charge is 2.21. The number of carbonyl (C=O) groups is 1. The summed E-state index contributed by atoms with van der Waals surface area (Å²) < 4.78 is 2.43. The van der Waals surface area contributed by atoms with Gasteiger partial charge in [-0.3, -0.25) is 4.79 Å². The van der Waals surface area contributed by atoms with Gasteiger partial charge >= 0.3 is 0 Å². The van der Waals surface area contributed by atoms with Crippen molar-refractivity contribution in [2.75, 3.05) is 13.1 Å². The predicted octanol–water partition coefficient (Wildman–Crippen LogP) is 4.37. The first-order chi connectivity index (χ1) is 11.7. The number of thiophene rings is 1. The standard InChI is InChI=1S/C17H19ClN4OS/c1-3-9-21(10-4-2)17(23)12-11-20-22-13(7-8-19-16(12)22)14-5-6-15(18)24-14/h5-8,11H,3-4,9-10H2,1-2H3. The molecule has 0 aromatic carbocycles. The van der Waals surface area contributed by atoms with Crippen LogP contribution in [0.25, 0.3) is 16.2 Å². The van der Waals surface area contributed by atoms with Crippen molar-refractivity contribution >= 4 is 34.5 Å². The molecule has 24 heavy (non-hydrogen) atoms. The van der Waals surface area contributed by atoms with E-state index in [0.29, 0.717) is 11.2 Å². The summed E-state index contributed by atoms with van der Waals surface area (Å²) in [7, 11) is 0. The number of halogens is 1. The number of fused-ring (bicyclic) bond motifs is 1. The zero-order chi connectivity index (χ0) is 17.1. The summed E-state index contributed by atoms with van der Waals surface area (Å²) in [5.41, 5.74) is 2.01.